The summed E-state index contributed by atoms with van der Waals surface area (Å²) in [4.78, 5) is 35.4. The van der Waals surface area contributed by atoms with Gasteiger partial charge >= 0.3 is 11.9 Å². The number of nitrogens with one attached hydrogen (secondary N) is 1. The van der Waals surface area contributed by atoms with E-state index in [4.69, 9.17) is 0 Å². The summed E-state index contributed by atoms with van der Waals surface area (Å²) in [5.41, 5.74) is -4.17. The van der Waals surface area contributed by atoms with Gasteiger partial charge in [-0.1, -0.05) is 13.8 Å². The molecule has 116 valence electrons. The van der Waals surface area contributed by atoms with Crippen molar-refractivity contribution in [3.63, 3.8) is 0 Å². The first-order valence-corrected chi connectivity index (χ1v) is 6.23. The average Bonchev–Trinajstić information content (AvgIpc) is 2.34. The lowest BCUT2D eigenvalue weighted by Crippen LogP contribution is -2.71. The van der Waals surface area contributed by atoms with Gasteiger partial charge in [0.25, 0.3) is 0 Å². The predicted molar refractivity (Wildman–Crippen MR) is 70.7 cm³/mol. The molecule has 7 nitrogen and oxygen atoms in total. The molecule has 0 unspecified atom stereocenters. The smallest absolute Gasteiger partial charge is 0.340 e. The van der Waals surface area contributed by atoms with Crippen molar-refractivity contribution in [2.45, 2.75) is 45.3 Å². The Kier molecular flexibility index (Phi) is 6.15. The zero-order valence-electron chi connectivity index (χ0n) is 12.8. The van der Waals surface area contributed by atoms with E-state index in [-0.39, 0.29) is 12.3 Å². The first-order chi connectivity index (χ1) is 9.05. The monoisotopic (exact) mass is 289 g/mol. The molecule has 0 saturated heterocycles. The van der Waals surface area contributed by atoms with E-state index < -0.39 is 29.0 Å². The van der Waals surface area contributed by atoms with E-state index in [1.807, 2.05) is 0 Å². The van der Waals surface area contributed by atoms with Crippen molar-refractivity contribution in [3.8, 4) is 0 Å². The normalized spacial score (nSPS) is 16.8. The van der Waals surface area contributed by atoms with Crippen molar-refractivity contribution in [1.82, 2.24) is 5.32 Å². The fraction of sp³-hybridized carbons (Fsp3) is 0.769. The Morgan fingerprint density at radius 3 is 1.90 bits per heavy atom. The first kappa shape index (κ1) is 18.4. The number of carbonyl (C=O) groups is 3. The van der Waals surface area contributed by atoms with Crippen LogP contribution in [-0.2, 0) is 23.9 Å². The van der Waals surface area contributed by atoms with Crippen LogP contribution >= 0.6 is 0 Å². The van der Waals surface area contributed by atoms with E-state index in [2.05, 4.69) is 14.8 Å². The summed E-state index contributed by atoms with van der Waals surface area (Å²) in [5, 5.41) is 12.9. The van der Waals surface area contributed by atoms with E-state index in [1.54, 1.807) is 13.8 Å². The van der Waals surface area contributed by atoms with Crippen LogP contribution in [0.2, 0.25) is 0 Å². The standard InChI is InChI=1S/C13H23NO6/c1-8(2)7-13(11(17)20-6,14-9(3)15)12(4,18)10(16)19-5/h8,18H,7H2,1-6H3,(H,14,15)/t12-,13+/m1/s1. The largest absolute Gasteiger partial charge is 0.467 e. The van der Waals surface area contributed by atoms with Gasteiger partial charge in [0.2, 0.25) is 5.91 Å². The zero-order valence-corrected chi connectivity index (χ0v) is 12.8. The van der Waals surface area contributed by atoms with Gasteiger partial charge < -0.3 is 19.9 Å². The van der Waals surface area contributed by atoms with Crippen LogP contribution < -0.4 is 5.32 Å². The molecule has 2 N–H and O–H groups in total. The molecule has 0 spiro atoms. The number of esters is 2. The number of hydrogen-bond donors (Lipinski definition) is 2. The molecule has 0 rings (SSSR count). The Morgan fingerprint density at radius 2 is 1.60 bits per heavy atom. The molecule has 7 heteroatoms. The molecule has 20 heavy (non-hydrogen) atoms. The molecule has 0 aromatic rings. The lowest BCUT2D eigenvalue weighted by Gasteiger charge is -2.42. The minimum Gasteiger partial charge on any atom is -0.467 e. The van der Waals surface area contributed by atoms with Gasteiger partial charge in [0.1, 0.15) is 0 Å². The van der Waals surface area contributed by atoms with Gasteiger partial charge in [0, 0.05) is 6.92 Å². The van der Waals surface area contributed by atoms with Crippen LogP contribution in [0.1, 0.15) is 34.1 Å². The van der Waals surface area contributed by atoms with Crippen LogP contribution in [0.5, 0.6) is 0 Å². The fourth-order valence-electron chi connectivity index (χ4n) is 2.16. The van der Waals surface area contributed by atoms with Crippen molar-refractivity contribution < 1.29 is 29.0 Å². The third-order valence-electron chi connectivity index (χ3n) is 3.05. The molecular formula is C13H23NO6. The van der Waals surface area contributed by atoms with Gasteiger partial charge in [-0.3, -0.25) is 4.79 Å². The Morgan fingerprint density at radius 1 is 1.15 bits per heavy atom. The summed E-state index contributed by atoms with van der Waals surface area (Å²) >= 11 is 0. The molecule has 0 aromatic heterocycles. The Labute approximate surface area is 118 Å². The Balaban J connectivity index is 6.01. The average molecular weight is 289 g/mol. The highest BCUT2D eigenvalue weighted by molar-refractivity contribution is 5.96. The van der Waals surface area contributed by atoms with Gasteiger partial charge in [-0.2, -0.15) is 0 Å². The molecule has 0 aliphatic heterocycles. The van der Waals surface area contributed by atoms with Crippen molar-refractivity contribution in [2.75, 3.05) is 14.2 Å². The topological polar surface area (TPSA) is 102 Å². The number of methoxy groups -OCH3 is 2. The van der Waals surface area contributed by atoms with E-state index in [0.717, 1.165) is 21.1 Å². The Hall–Kier alpha value is -1.63. The van der Waals surface area contributed by atoms with Crippen molar-refractivity contribution in [1.29, 1.82) is 0 Å². The predicted octanol–water partition coefficient (Wildman–Crippen LogP) is 0.00440. The molecule has 0 aliphatic rings. The number of rotatable bonds is 6. The van der Waals surface area contributed by atoms with Crippen LogP contribution in [-0.4, -0.2) is 48.3 Å². The molecule has 1 amide bonds. The highest BCUT2D eigenvalue weighted by atomic mass is 16.5. The van der Waals surface area contributed by atoms with Crippen LogP contribution in [0.15, 0.2) is 0 Å². The summed E-state index contributed by atoms with van der Waals surface area (Å²) in [6.07, 6.45) is 0.0152. The maximum absolute atomic E-state index is 12.2. The number of amides is 1. The SMILES string of the molecule is COC(=O)[C@](CC(C)C)(NC(C)=O)[C@](C)(O)C(=O)OC. The maximum Gasteiger partial charge on any atom is 0.340 e. The van der Waals surface area contributed by atoms with Crippen LogP contribution in [0.3, 0.4) is 0 Å². The molecular weight excluding hydrogens is 266 g/mol. The maximum atomic E-state index is 12.2. The molecule has 0 saturated carbocycles. The summed E-state index contributed by atoms with van der Waals surface area (Å²) < 4.78 is 9.21. The third kappa shape index (κ3) is 3.47. The van der Waals surface area contributed by atoms with Crippen molar-refractivity contribution in [3.05, 3.63) is 0 Å². The van der Waals surface area contributed by atoms with E-state index in [1.165, 1.54) is 6.92 Å². The van der Waals surface area contributed by atoms with E-state index >= 15 is 0 Å². The van der Waals surface area contributed by atoms with E-state index in [0.29, 0.717) is 0 Å². The van der Waals surface area contributed by atoms with Crippen LogP contribution in [0.25, 0.3) is 0 Å². The molecule has 0 heterocycles. The number of hydrogen-bond acceptors (Lipinski definition) is 6. The minimum absolute atomic E-state index is 0.0152. The highest BCUT2D eigenvalue weighted by Crippen LogP contribution is 2.32. The molecule has 2 atom stereocenters. The summed E-state index contributed by atoms with van der Waals surface area (Å²) in [7, 11) is 2.20. The van der Waals surface area contributed by atoms with Crippen LogP contribution in [0.4, 0.5) is 0 Å². The van der Waals surface area contributed by atoms with Gasteiger partial charge in [-0.25, -0.2) is 9.59 Å². The highest BCUT2D eigenvalue weighted by Gasteiger charge is 2.60. The zero-order chi connectivity index (χ0) is 16.1. The minimum atomic E-state index is -2.26. The second kappa shape index (κ2) is 6.69. The second-order valence-corrected chi connectivity index (χ2v) is 5.24. The number of carbonyl (C=O) groups excluding carboxylic acids is 3. The number of ether oxygens (including phenoxy) is 2. The van der Waals surface area contributed by atoms with Gasteiger partial charge in [-0.15, -0.1) is 0 Å². The van der Waals surface area contributed by atoms with Gasteiger partial charge in [0.05, 0.1) is 14.2 Å². The van der Waals surface area contributed by atoms with Gasteiger partial charge in [0.15, 0.2) is 11.1 Å². The molecule has 0 aromatic carbocycles. The third-order valence-corrected chi connectivity index (χ3v) is 3.05. The summed E-state index contributed by atoms with van der Waals surface area (Å²) in [6.45, 7) is 5.87. The lowest BCUT2D eigenvalue weighted by atomic mass is 9.74. The van der Waals surface area contributed by atoms with Crippen molar-refractivity contribution in [2.24, 2.45) is 5.92 Å². The summed E-state index contributed by atoms with van der Waals surface area (Å²) in [5.74, 6) is -2.61. The summed E-state index contributed by atoms with van der Waals surface area (Å²) in [6, 6.07) is 0. The lowest BCUT2D eigenvalue weighted by molar-refractivity contribution is -0.184. The first-order valence-electron chi connectivity index (χ1n) is 6.23. The van der Waals surface area contributed by atoms with Gasteiger partial charge in [-0.05, 0) is 19.3 Å². The second-order valence-electron chi connectivity index (χ2n) is 5.24. The molecule has 0 radical (unpaired) electrons. The Bertz CT molecular complexity index is 390. The molecule has 0 bridgehead atoms. The van der Waals surface area contributed by atoms with E-state index in [9.17, 15) is 19.5 Å². The van der Waals surface area contributed by atoms with Crippen molar-refractivity contribution >= 4 is 17.8 Å². The quantitative estimate of drug-likeness (QED) is 0.668. The molecule has 0 fully saturated rings. The fourth-order valence-corrected chi connectivity index (χ4v) is 2.16. The van der Waals surface area contributed by atoms with Crippen LogP contribution in [0, 0.1) is 5.92 Å². The molecule has 0 aliphatic carbocycles. The number of aliphatic hydroxyl groups is 1.